The van der Waals surface area contributed by atoms with Crippen LogP contribution >= 0.6 is 34.5 Å². The number of halogens is 2. The van der Waals surface area contributed by atoms with Gasteiger partial charge < -0.3 is 15.2 Å². The Morgan fingerprint density at radius 2 is 2.00 bits per heavy atom. The summed E-state index contributed by atoms with van der Waals surface area (Å²) in [6.45, 7) is -0.500. The fourth-order valence-electron chi connectivity index (χ4n) is 1.57. The van der Waals surface area contributed by atoms with Crippen molar-refractivity contribution in [1.29, 1.82) is 0 Å². The minimum Gasteiger partial charge on any atom is -0.495 e. The highest BCUT2D eigenvalue weighted by molar-refractivity contribution is 7.22. The Labute approximate surface area is 128 Å². The number of amides is 1. The minimum absolute atomic E-state index is 0.165. The topological polar surface area (TPSA) is 78.6 Å². The first kappa shape index (κ1) is 14.9. The Hall–Kier alpha value is -1.50. The van der Waals surface area contributed by atoms with E-state index in [9.17, 15) is 9.59 Å². The van der Waals surface area contributed by atoms with Crippen LogP contribution in [0.4, 0.5) is 0 Å². The van der Waals surface area contributed by atoms with Gasteiger partial charge in [-0.25, -0.2) is 4.79 Å². The van der Waals surface area contributed by atoms with Crippen molar-refractivity contribution in [3.63, 3.8) is 0 Å². The Morgan fingerprint density at radius 3 is 2.60 bits per heavy atom. The lowest BCUT2D eigenvalue weighted by molar-refractivity contribution is -0.121. The molecule has 20 heavy (non-hydrogen) atoms. The molecule has 2 aromatic rings. The van der Waals surface area contributed by atoms with Crippen LogP contribution in [0.15, 0.2) is 12.1 Å². The Bertz CT molecular complexity index is 698. The quantitative estimate of drug-likeness (QED) is 0.872. The van der Waals surface area contributed by atoms with Crippen molar-refractivity contribution in [2.45, 2.75) is 0 Å². The summed E-state index contributed by atoms with van der Waals surface area (Å²) in [5.74, 6) is -0.977. The van der Waals surface area contributed by atoms with Gasteiger partial charge in [-0.1, -0.05) is 23.2 Å². The van der Waals surface area contributed by atoms with E-state index in [1.54, 1.807) is 12.1 Å². The number of thiophene rings is 1. The van der Waals surface area contributed by atoms with Crippen molar-refractivity contribution in [1.82, 2.24) is 0 Å². The van der Waals surface area contributed by atoms with Gasteiger partial charge >= 0.3 is 5.97 Å². The van der Waals surface area contributed by atoms with Crippen LogP contribution in [-0.2, 0) is 9.53 Å². The second kappa shape index (κ2) is 5.87. The van der Waals surface area contributed by atoms with E-state index in [1.165, 1.54) is 7.11 Å². The third-order valence-corrected chi connectivity index (χ3v) is 4.65. The number of fused-ring (bicyclic) bond motifs is 1. The van der Waals surface area contributed by atoms with Crippen LogP contribution < -0.4 is 10.5 Å². The molecule has 1 heterocycles. The van der Waals surface area contributed by atoms with Crippen molar-refractivity contribution < 1.29 is 19.1 Å². The minimum atomic E-state index is -0.740. The number of rotatable bonds is 4. The summed E-state index contributed by atoms with van der Waals surface area (Å²) in [5, 5.41) is 1.21. The molecule has 2 N–H and O–H groups in total. The highest BCUT2D eigenvalue weighted by Gasteiger charge is 2.21. The van der Waals surface area contributed by atoms with Crippen LogP contribution in [0.2, 0.25) is 10.0 Å². The van der Waals surface area contributed by atoms with Crippen molar-refractivity contribution in [3.05, 3.63) is 27.1 Å². The molecule has 106 valence electrons. The maximum absolute atomic E-state index is 11.8. The maximum atomic E-state index is 11.8. The van der Waals surface area contributed by atoms with Gasteiger partial charge in [0.25, 0.3) is 5.91 Å². The lowest BCUT2D eigenvalue weighted by Gasteiger charge is -2.02. The van der Waals surface area contributed by atoms with E-state index in [-0.39, 0.29) is 9.90 Å². The Balaban J connectivity index is 2.45. The molecule has 8 heteroatoms. The van der Waals surface area contributed by atoms with Crippen LogP contribution in [0, 0.1) is 0 Å². The number of nitrogens with two attached hydrogens (primary N) is 1. The monoisotopic (exact) mass is 333 g/mol. The van der Waals surface area contributed by atoms with Gasteiger partial charge in [0.2, 0.25) is 0 Å². The van der Waals surface area contributed by atoms with E-state index < -0.39 is 18.5 Å². The predicted molar refractivity (Wildman–Crippen MR) is 77.9 cm³/mol. The molecule has 1 amide bonds. The smallest absolute Gasteiger partial charge is 0.350 e. The Kier molecular flexibility index (Phi) is 4.37. The molecule has 0 aliphatic carbocycles. The molecule has 0 saturated carbocycles. The number of esters is 1. The van der Waals surface area contributed by atoms with E-state index in [2.05, 4.69) is 0 Å². The first-order valence-corrected chi connectivity index (χ1v) is 6.92. The molecule has 0 aliphatic rings. The SMILES string of the molecule is COc1ccc2c(Cl)c(C(=O)OCC(N)=O)sc2c1Cl. The number of carbonyl (C=O) groups is 2. The molecule has 1 aromatic carbocycles. The van der Waals surface area contributed by atoms with Crippen LogP contribution in [0.25, 0.3) is 10.1 Å². The normalized spacial score (nSPS) is 10.6. The van der Waals surface area contributed by atoms with Crippen molar-refractivity contribution in [2.24, 2.45) is 5.73 Å². The Morgan fingerprint density at radius 1 is 1.30 bits per heavy atom. The highest BCUT2D eigenvalue weighted by Crippen LogP contribution is 2.43. The van der Waals surface area contributed by atoms with Gasteiger partial charge in [0.1, 0.15) is 15.6 Å². The summed E-state index contributed by atoms with van der Waals surface area (Å²) in [6.07, 6.45) is 0. The predicted octanol–water partition coefficient (Wildman–Crippen LogP) is 2.86. The molecule has 0 atom stereocenters. The average Bonchev–Trinajstić information content (AvgIpc) is 2.75. The van der Waals surface area contributed by atoms with Crippen LogP contribution in [0.1, 0.15) is 9.67 Å². The number of primary amides is 1. The molecular weight excluding hydrogens is 325 g/mol. The second-order valence-corrected chi connectivity index (χ2v) is 5.52. The molecule has 0 radical (unpaired) electrons. The van der Waals surface area contributed by atoms with E-state index in [4.69, 9.17) is 38.4 Å². The third kappa shape index (κ3) is 2.67. The molecule has 1 aromatic heterocycles. The van der Waals surface area contributed by atoms with Gasteiger partial charge in [-0.15, -0.1) is 11.3 Å². The highest BCUT2D eigenvalue weighted by atomic mass is 35.5. The van der Waals surface area contributed by atoms with Crippen LogP contribution in [0.3, 0.4) is 0 Å². The number of hydrogen-bond donors (Lipinski definition) is 1. The molecule has 0 fully saturated rings. The fraction of sp³-hybridized carbons (Fsp3) is 0.167. The van der Waals surface area contributed by atoms with Gasteiger partial charge in [0.05, 0.1) is 16.8 Å². The second-order valence-electron chi connectivity index (χ2n) is 3.75. The molecule has 0 aliphatic heterocycles. The lowest BCUT2D eigenvalue weighted by Crippen LogP contribution is -2.20. The zero-order valence-electron chi connectivity index (χ0n) is 10.2. The fourth-order valence-corrected chi connectivity index (χ4v) is 3.35. The van der Waals surface area contributed by atoms with Gasteiger partial charge in [-0.05, 0) is 12.1 Å². The van der Waals surface area contributed by atoms with E-state index in [0.717, 1.165) is 11.3 Å². The lowest BCUT2D eigenvalue weighted by atomic mass is 10.2. The van der Waals surface area contributed by atoms with E-state index >= 15 is 0 Å². The molecular formula is C12H9Cl2NO4S. The zero-order valence-corrected chi connectivity index (χ0v) is 12.6. The van der Waals surface area contributed by atoms with Gasteiger partial charge in [-0.3, -0.25) is 4.79 Å². The first-order chi connectivity index (χ1) is 9.45. The number of carbonyl (C=O) groups excluding carboxylic acids is 2. The summed E-state index contributed by atoms with van der Waals surface area (Å²) in [7, 11) is 1.49. The molecule has 2 rings (SSSR count). The molecule has 5 nitrogen and oxygen atoms in total. The van der Waals surface area contributed by atoms with Gasteiger partial charge in [-0.2, -0.15) is 0 Å². The molecule has 0 spiro atoms. The van der Waals surface area contributed by atoms with E-state index in [0.29, 0.717) is 20.9 Å². The van der Waals surface area contributed by atoms with Crippen LogP contribution in [0.5, 0.6) is 5.75 Å². The summed E-state index contributed by atoms with van der Waals surface area (Å²) in [6, 6.07) is 3.35. The molecule has 0 unspecified atom stereocenters. The summed E-state index contributed by atoms with van der Waals surface area (Å²) in [5.41, 5.74) is 4.91. The van der Waals surface area contributed by atoms with Gasteiger partial charge in [0, 0.05) is 5.39 Å². The molecule has 0 bridgehead atoms. The number of methoxy groups -OCH3 is 1. The van der Waals surface area contributed by atoms with Gasteiger partial charge in [0.15, 0.2) is 6.61 Å². The summed E-state index contributed by atoms with van der Waals surface area (Å²) in [4.78, 5) is 22.6. The number of hydrogen-bond acceptors (Lipinski definition) is 5. The third-order valence-electron chi connectivity index (χ3n) is 2.45. The number of benzene rings is 1. The average molecular weight is 334 g/mol. The first-order valence-electron chi connectivity index (χ1n) is 5.35. The van der Waals surface area contributed by atoms with E-state index in [1.807, 2.05) is 0 Å². The molecule has 0 saturated heterocycles. The summed E-state index contributed by atoms with van der Waals surface area (Å²) < 4.78 is 10.4. The largest absolute Gasteiger partial charge is 0.495 e. The summed E-state index contributed by atoms with van der Waals surface area (Å²) >= 11 is 13.4. The van der Waals surface area contributed by atoms with Crippen molar-refractivity contribution in [2.75, 3.05) is 13.7 Å². The van der Waals surface area contributed by atoms with Crippen molar-refractivity contribution in [3.8, 4) is 5.75 Å². The van der Waals surface area contributed by atoms with Crippen LogP contribution in [-0.4, -0.2) is 25.6 Å². The zero-order chi connectivity index (χ0) is 14.9. The van der Waals surface area contributed by atoms with Crippen molar-refractivity contribution >= 4 is 56.5 Å². The standard InChI is InChI=1S/C12H9Cl2NO4S/c1-18-6-3-2-5-8(13)11(20-10(5)9(6)14)12(17)19-4-7(15)16/h2-3H,4H2,1H3,(H2,15,16). The number of ether oxygens (including phenoxy) is 2. The maximum Gasteiger partial charge on any atom is 0.350 e.